The Morgan fingerprint density at radius 3 is 2.60 bits per heavy atom. The fraction of sp³-hybridized carbons (Fsp3) is 0.588. The number of nitrogens with one attached hydrogen (secondary N) is 1. The second-order valence-corrected chi connectivity index (χ2v) is 8.56. The molecule has 0 aliphatic carbocycles. The third kappa shape index (κ3) is 4.93. The third-order valence-electron chi connectivity index (χ3n) is 4.43. The van der Waals surface area contributed by atoms with E-state index >= 15 is 0 Å². The highest BCUT2D eigenvalue weighted by Crippen LogP contribution is 2.24. The molecule has 0 bridgehead atoms. The Morgan fingerprint density at radius 1 is 1.32 bits per heavy atom. The number of hydrogen-bond donors (Lipinski definition) is 1. The lowest BCUT2D eigenvalue weighted by molar-refractivity contribution is -0.120. The standard InChI is InChI=1S/C17H26N2O5S/c1-13(12-23-2)25(21,22)19-9-7-14(8-10-19)17(20)18-15-5-4-6-16(11-15)24-3/h4-6,11,13-14H,7-10,12H2,1-3H3,(H,18,20). The average Bonchev–Trinajstić information content (AvgIpc) is 2.62. The molecule has 1 aromatic rings. The van der Waals surface area contributed by atoms with Gasteiger partial charge < -0.3 is 14.8 Å². The number of piperidine rings is 1. The first-order chi connectivity index (χ1) is 11.9. The van der Waals surface area contributed by atoms with E-state index in [1.54, 1.807) is 38.3 Å². The zero-order valence-corrected chi connectivity index (χ0v) is 15.7. The van der Waals surface area contributed by atoms with Gasteiger partial charge in [0.15, 0.2) is 0 Å². The molecule has 1 aliphatic heterocycles. The van der Waals surface area contributed by atoms with E-state index < -0.39 is 15.3 Å². The molecule has 7 nitrogen and oxygen atoms in total. The summed E-state index contributed by atoms with van der Waals surface area (Å²) in [6.45, 7) is 2.51. The molecule has 2 rings (SSSR count). The van der Waals surface area contributed by atoms with E-state index in [9.17, 15) is 13.2 Å². The van der Waals surface area contributed by atoms with Crippen molar-refractivity contribution in [3.8, 4) is 5.75 Å². The molecule has 1 N–H and O–H groups in total. The van der Waals surface area contributed by atoms with Gasteiger partial charge in [0.2, 0.25) is 15.9 Å². The summed E-state index contributed by atoms with van der Waals surface area (Å²) in [4.78, 5) is 12.4. The number of methoxy groups -OCH3 is 2. The first-order valence-electron chi connectivity index (χ1n) is 8.31. The Labute approximate surface area is 149 Å². The van der Waals surface area contributed by atoms with E-state index in [1.165, 1.54) is 11.4 Å². The Morgan fingerprint density at radius 2 is 2.00 bits per heavy atom. The lowest BCUT2D eigenvalue weighted by atomic mass is 9.97. The van der Waals surface area contributed by atoms with E-state index in [4.69, 9.17) is 9.47 Å². The molecule has 1 unspecified atom stereocenters. The summed E-state index contributed by atoms with van der Waals surface area (Å²) < 4.78 is 36.4. The second kappa shape index (κ2) is 8.64. The van der Waals surface area contributed by atoms with E-state index in [2.05, 4.69) is 5.32 Å². The fourth-order valence-electron chi connectivity index (χ4n) is 2.89. The monoisotopic (exact) mass is 370 g/mol. The van der Waals surface area contributed by atoms with Crippen molar-refractivity contribution >= 4 is 21.6 Å². The molecule has 25 heavy (non-hydrogen) atoms. The molecule has 1 aromatic carbocycles. The van der Waals surface area contributed by atoms with Gasteiger partial charge in [0, 0.05) is 37.9 Å². The van der Waals surface area contributed by atoms with Gasteiger partial charge in [-0.1, -0.05) is 6.07 Å². The predicted octanol–water partition coefficient (Wildman–Crippen LogP) is 1.71. The highest BCUT2D eigenvalue weighted by molar-refractivity contribution is 7.89. The van der Waals surface area contributed by atoms with Crippen LogP contribution >= 0.6 is 0 Å². The van der Waals surface area contributed by atoms with Gasteiger partial charge in [0.05, 0.1) is 19.0 Å². The first kappa shape index (κ1) is 19.7. The summed E-state index contributed by atoms with van der Waals surface area (Å²) >= 11 is 0. The number of benzene rings is 1. The zero-order valence-electron chi connectivity index (χ0n) is 14.9. The molecular weight excluding hydrogens is 344 g/mol. The number of amides is 1. The van der Waals surface area contributed by atoms with Crippen molar-refractivity contribution in [2.75, 3.05) is 39.2 Å². The van der Waals surface area contributed by atoms with Crippen molar-refractivity contribution < 1.29 is 22.7 Å². The van der Waals surface area contributed by atoms with Crippen LogP contribution in [-0.4, -0.2) is 57.8 Å². The summed E-state index contributed by atoms with van der Waals surface area (Å²) in [5, 5.41) is 2.29. The summed E-state index contributed by atoms with van der Waals surface area (Å²) in [6, 6.07) is 7.16. The van der Waals surface area contributed by atoms with Crippen LogP contribution in [0.15, 0.2) is 24.3 Å². The van der Waals surface area contributed by atoms with Gasteiger partial charge in [0.1, 0.15) is 5.75 Å². The van der Waals surface area contributed by atoms with Crippen LogP contribution < -0.4 is 10.1 Å². The number of carbonyl (C=O) groups excluding carboxylic acids is 1. The van der Waals surface area contributed by atoms with Gasteiger partial charge in [-0.25, -0.2) is 12.7 Å². The van der Waals surface area contributed by atoms with Crippen LogP contribution in [-0.2, 0) is 19.6 Å². The molecule has 8 heteroatoms. The number of ether oxygens (including phenoxy) is 2. The van der Waals surface area contributed by atoms with Gasteiger partial charge in [-0.3, -0.25) is 4.79 Å². The molecule has 1 amide bonds. The van der Waals surface area contributed by atoms with Crippen LogP contribution in [0.2, 0.25) is 0 Å². The van der Waals surface area contributed by atoms with Gasteiger partial charge in [0.25, 0.3) is 0 Å². The Hall–Kier alpha value is -1.64. The molecule has 1 atom stereocenters. The smallest absolute Gasteiger partial charge is 0.227 e. The SMILES string of the molecule is COCC(C)S(=O)(=O)N1CCC(C(=O)Nc2cccc(OC)c2)CC1. The third-order valence-corrected chi connectivity index (χ3v) is 6.67. The minimum Gasteiger partial charge on any atom is -0.497 e. The Kier molecular flexibility index (Phi) is 6.80. The largest absolute Gasteiger partial charge is 0.497 e. The summed E-state index contributed by atoms with van der Waals surface area (Å²) in [6.07, 6.45) is 1.02. The van der Waals surface area contributed by atoms with Crippen LogP contribution in [0.5, 0.6) is 5.75 Å². The topological polar surface area (TPSA) is 84.9 Å². The van der Waals surface area contributed by atoms with Gasteiger partial charge in [-0.2, -0.15) is 0 Å². The molecule has 1 saturated heterocycles. The molecule has 140 valence electrons. The van der Waals surface area contributed by atoms with Gasteiger partial charge in [-0.15, -0.1) is 0 Å². The van der Waals surface area contributed by atoms with Gasteiger partial charge >= 0.3 is 0 Å². The van der Waals surface area contributed by atoms with Gasteiger partial charge in [-0.05, 0) is 31.9 Å². The first-order valence-corrected chi connectivity index (χ1v) is 9.81. The Bertz CT molecular complexity index is 684. The number of rotatable bonds is 7. The van der Waals surface area contributed by atoms with E-state index in [0.29, 0.717) is 37.4 Å². The lowest BCUT2D eigenvalue weighted by Crippen LogP contribution is -2.45. The highest BCUT2D eigenvalue weighted by Gasteiger charge is 2.34. The molecule has 0 aromatic heterocycles. The van der Waals surface area contributed by atoms with Crippen LogP contribution in [0.4, 0.5) is 5.69 Å². The molecule has 1 heterocycles. The quantitative estimate of drug-likeness (QED) is 0.790. The predicted molar refractivity (Wildman–Crippen MR) is 96.2 cm³/mol. The summed E-state index contributed by atoms with van der Waals surface area (Å²) in [5.41, 5.74) is 0.674. The normalized spacial score (nSPS) is 17.9. The van der Waals surface area contributed by atoms with Crippen LogP contribution in [0.1, 0.15) is 19.8 Å². The van der Waals surface area contributed by atoms with Crippen LogP contribution in [0, 0.1) is 5.92 Å². The van der Waals surface area contributed by atoms with E-state index in [0.717, 1.165) is 0 Å². The molecule has 1 aliphatic rings. The lowest BCUT2D eigenvalue weighted by Gasteiger charge is -2.32. The van der Waals surface area contributed by atoms with E-state index in [1.807, 2.05) is 0 Å². The molecule has 0 spiro atoms. The summed E-state index contributed by atoms with van der Waals surface area (Å²) in [7, 11) is -0.323. The highest BCUT2D eigenvalue weighted by atomic mass is 32.2. The molecular formula is C17H26N2O5S. The van der Waals surface area contributed by atoms with Crippen LogP contribution in [0.25, 0.3) is 0 Å². The summed E-state index contributed by atoms with van der Waals surface area (Å²) in [5.74, 6) is 0.386. The number of hydrogen-bond acceptors (Lipinski definition) is 5. The van der Waals surface area contributed by atoms with Crippen molar-refractivity contribution in [2.24, 2.45) is 5.92 Å². The van der Waals surface area contributed by atoms with E-state index in [-0.39, 0.29) is 18.4 Å². The van der Waals surface area contributed by atoms with Crippen molar-refractivity contribution in [1.29, 1.82) is 0 Å². The molecule has 0 saturated carbocycles. The maximum atomic E-state index is 12.4. The molecule has 0 radical (unpaired) electrons. The number of nitrogens with zero attached hydrogens (tertiary/aromatic N) is 1. The fourth-order valence-corrected chi connectivity index (χ4v) is 4.43. The average molecular weight is 370 g/mol. The Balaban J connectivity index is 1.92. The van der Waals surface area contributed by atoms with Crippen molar-refractivity contribution in [2.45, 2.75) is 25.0 Å². The maximum absolute atomic E-state index is 12.4. The minimum atomic E-state index is -3.38. The number of carbonyl (C=O) groups is 1. The van der Waals surface area contributed by atoms with Crippen molar-refractivity contribution in [1.82, 2.24) is 4.31 Å². The van der Waals surface area contributed by atoms with Crippen molar-refractivity contribution in [3.05, 3.63) is 24.3 Å². The maximum Gasteiger partial charge on any atom is 0.227 e. The zero-order chi connectivity index (χ0) is 18.4. The van der Waals surface area contributed by atoms with Crippen molar-refractivity contribution in [3.63, 3.8) is 0 Å². The number of anilines is 1. The molecule has 1 fully saturated rings. The minimum absolute atomic E-state index is 0.0877. The van der Waals surface area contributed by atoms with Crippen LogP contribution in [0.3, 0.4) is 0 Å². The number of sulfonamides is 1. The second-order valence-electron chi connectivity index (χ2n) is 6.21.